The maximum Gasteiger partial charge on any atom is 0.274 e. The van der Waals surface area contributed by atoms with Crippen molar-refractivity contribution in [3.05, 3.63) is 46.8 Å². The molecule has 0 aliphatic heterocycles. The van der Waals surface area contributed by atoms with Crippen LogP contribution in [0.1, 0.15) is 13.8 Å². The molecule has 0 fully saturated rings. The van der Waals surface area contributed by atoms with Gasteiger partial charge >= 0.3 is 0 Å². The van der Waals surface area contributed by atoms with Crippen LogP contribution in [0.15, 0.2) is 41.2 Å². The number of carbonyl (C=O) groups excluding carboxylic acids is 1. The summed E-state index contributed by atoms with van der Waals surface area (Å²) in [5, 5.41) is 5.34. The molecule has 2 N–H and O–H groups in total. The van der Waals surface area contributed by atoms with Crippen molar-refractivity contribution in [2.45, 2.75) is 13.8 Å². The second-order valence-corrected chi connectivity index (χ2v) is 5.20. The summed E-state index contributed by atoms with van der Waals surface area (Å²) in [6.45, 7) is 3.55. The molecule has 1 aromatic carbocycles. The average Bonchev–Trinajstić information content (AvgIpc) is 2.91. The van der Waals surface area contributed by atoms with Crippen LogP contribution in [0.3, 0.4) is 0 Å². The lowest BCUT2D eigenvalue weighted by molar-refractivity contribution is -0.118. The molecule has 0 bridgehead atoms. The maximum absolute atomic E-state index is 12.1. The second kappa shape index (κ2) is 6.62. The van der Waals surface area contributed by atoms with Gasteiger partial charge in [-0.2, -0.15) is 9.50 Å². The Morgan fingerprint density at radius 1 is 1.22 bits per heavy atom. The normalized spacial score (nSPS) is 10.6. The van der Waals surface area contributed by atoms with Crippen LogP contribution in [0, 0.1) is 5.92 Å². The highest BCUT2D eigenvalue weighted by Gasteiger charge is 2.12. The number of anilines is 1. The molecule has 3 rings (SSSR count). The van der Waals surface area contributed by atoms with Gasteiger partial charge in [0.15, 0.2) is 0 Å². The Labute approximate surface area is 138 Å². The van der Waals surface area contributed by atoms with E-state index in [1.54, 1.807) is 13.8 Å². The number of aromatic nitrogens is 4. The number of nitrogens with one attached hydrogen (secondary N) is 2. The third kappa shape index (κ3) is 3.40. The van der Waals surface area contributed by atoms with Gasteiger partial charge < -0.3 is 0 Å². The van der Waals surface area contributed by atoms with Crippen molar-refractivity contribution in [1.82, 2.24) is 19.6 Å². The molecule has 0 saturated carbocycles. The highest BCUT2D eigenvalue weighted by atomic mass is 35.5. The Bertz CT molecular complexity index is 886. The molecule has 0 radical (unpaired) electrons. The van der Waals surface area contributed by atoms with Crippen LogP contribution in [-0.2, 0) is 4.79 Å². The fraction of sp³-hybridized carbons (Fsp3) is 0.200. The Hall–Kier alpha value is -2.67. The number of H-pyrrole nitrogens is 1. The Balaban J connectivity index is 0.00000192. The summed E-state index contributed by atoms with van der Waals surface area (Å²) in [6, 6.07) is 10.8. The molecule has 2 aromatic heterocycles. The number of fused-ring (bicyclic) bond motifs is 1. The minimum atomic E-state index is -0.290. The molecule has 0 aliphatic rings. The van der Waals surface area contributed by atoms with E-state index < -0.39 is 0 Å². The third-order valence-electron chi connectivity index (χ3n) is 3.17. The van der Waals surface area contributed by atoms with Gasteiger partial charge in [-0.25, -0.2) is 4.98 Å². The van der Waals surface area contributed by atoms with Crippen LogP contribution >= 0.6 is 12.4 Å². The standard InChI is InChI=1S/C15H15N5O2.ClH/c1-9(2)13(22)17-14-18-15-16-11(8-12(21)20(15)19-14)10-6-4-3-5-7-10;/h3-9H,1-2H3,(H2,16,17,18,19,22);1H. The lowest BCUT2D eigenvalue weighted by atomic mass is 10.1. The molecule has 1 amide bonds. The van der Waals surface area contributed by atoms with Crippen LogP contribution in [0.5, 0.6) is 0 Å². The predicted molar refractivity (Wildman–Crippen MR) is 89.8 cm³/mol. The molecule has 3 aromatic rings. The molecule has 0 spiro atoms. The van der Waals surface area contributed by atoms with E-state index >= 15 is 0 Å². The highest BCUT2D eigenvalue weighted by Crippen LogP contribution is 2.15. The fourth-order valence-electron chi connectivity index (χ4n) is 1.95. The summed E-state index contributed by atoms with van der Waals surface area (Å²) in [6.07, 6.45) is 0. The average molecular weight is 334 g/mol. The number of hydrogen-bond donors (Lipinski definition) is 2. The first-order valence-corrected chi connectivity index (χ1v) is 6.90. The highest BCUT2D eigenvalue weighted by molar-refractivity contribution is 5.90. The van der Waals surface area contributed by atoms with Crippen molar-refractivity contribution in [2.75, 3.05) is 5.32 Å². The lowest BCUT2D eigenvalue weighted by Gasteiger charge is -2.02. The first-order valence-electron chi connectivity index (χ1n) is 6.90. The number of halogens is 1. The summed E-state index contributed by atoms with van der Waals surface area (Å²) in [4.78, 5) is 32.3. The molecule has 120 valence electrons. The predicted octanol–water partition coefficient (Wildman–Crippen LogP) is 2.10. The minimum absolute atomic E-state index is 0. The van der Waals surface area contributed by atoms with Gasteiger partial charge in [-0.15, -0.1) is 12.4 Å². The summed E-state index contributed by atoms with van der Waals surface area (Å²) in [5.41, 5.74) is 1.08. The van der Waals surface area contributed by atoms with Gasteiger partial charge in [0.1, 0.15) is 0 Å². The Kier molecular flexibility index (Phi) is 4.80. The quantitative estimate of drug-likeness (QED) is 0.767. The van der Waals surface area contributed by atoms with Crippen LogP contribution in [-0.4, -0.2) is 25.5 Å². The summed E-state index contributed by atoms with van der Waals surface area (Å²) in [5.74, 6) is 0.0482. The number of carbonyl (C=O) groups is 1. The zero-order valence-corrected chi connectivity index (χ0v) is 13.4. The van der Waals surface area contributed by atoms with Gasteiger partial charge in [-0.05, 0) is 0 Å². The van der Waals surface area contributed by atoms with E-state index in [1.807, 2.05) is 30.3 Å². The largest absolute Gasteiger partial charge is 0.295 e. The van der Waals surface area contributed by atoms with Crippen LogP contribution in [0.2, 0.25) is 0 Å². The van der Waals surface area contributed by atoms with Crippen molar-refractivity contribution >= 4 is 30.0 Å². The number of nitrogens with zero attached hydrogens (tertiary/aromatic N) is 3. The number of aromatic amines is 1. The molecule has 0 aliphatic carbocycles. The molecular formula is C15H16ClN5O2. The Morgan fingerprint density at radius 3 is 2.57 bits per heavy atom. The molecule has 0 unspecified atom stereocenters. The second-order valence-electron chi connectivity index (χ2n) is 5.20. The molecular weight excluding hydrogens is 318 g/mol. The van der Waals surface area contributed by atoms with Crippen LogP contribution in [0.4, 0.5) is 5.95 Å². The first kappa shape index (κ1) is 16.7. The van der Waals surface area contributed by atoms with E-state index in [1.165, 1.54) is 10.6 Å². The molecule has 8 heteroatoms. The van der Waals surface area contributed by atoms with Crippen molar-refractivity contribution in [3.8, 4) is 11.3 Å². The van der Waals surface area contributed by atoms with E-state index in [4.69, 9.17) is 0 Å². The van der Waals surface area contributed by atoms with E-state index in [0.717, 1.165) is 5.56 Å². The van der Waals surface area contributed by atoms with Crippen molar-refractivity contribution in [3.63, 3.8) is 0 Å². The fourth-order valence-corrected chi connectivity index (χ4v) is 1.95. The number of amides is 1. The van der Waals surface area contributed by atoms with Gasteiger partial charge in [0, 0.05) is 17.5 Å². The summed E-state index contributed by atoms with van der Waals surface area (Å²) < 4.78 is 1.20. The molecule has 0 atom stereocenters. The van der Waals surface area contributed by atoms with Gasteiger partial charge in [-0.3, -0.25) is 20.0 Å². The van der Waals surface area contributed by atoms with Gasteiger partial charge in [0.25, 0.3) is 11.3 Å². The van der Waals surface area contributed by atoms with Gasteiger partial charge in [-0.1, -0.05) is 44.2 Å². The zero-order chi connectivity index (χ0) is 15.7. The minimum Gasteiger partial charge on any atom is -0.295 e. The number of benzene rings is 1. The van der Waals surface area contributed by atoms with E-state index in [0.29, 0.717) is 5.69 Å². The lowest BCUT2D eigenvalue weighted by Crippen LogP contribution is -2.19. The molecule has 23 heavy (non-hydrogen) atoms. The molecule has 0 saturated heterocycles. The monoisotopic (exact) mass is 333 g/mol. The zero-order valence-electron chi connectivity index (χ0n) is 12.6. The van der Waals surface area contributed by atoms with Crippen molar-refractivity contribution in [1.29, 1.82) is 0 Å². The van der Waals surface area contributed by atoms with Crippen LogP contribution in [0.25, 0.3) is 17.0 Å². The van der Waals surface area contributed by atoms with E-state index in [2.05, 4.69) is 20.4 Å². The number of hydrogen-bond acceptors (Lipinski definition) is 4. The SMILES string of the molecule is CC(C)C(=O)Nc1nc2nc(-c3ccccc3)cc(=O)n2[nH]1.Cl. The Morgan fingerprint density at radius 2 is 1.91 bits per heavy atom. The van der Waals surface area contributed by atoms with Crippen molar-refractivity contribution < 1.29 is 4.79 Å². The first-order chi connectivity index (χ1) is 10.5. The molecule has 7 nitrogen and oxygen atoms in total. The van der Waals surface area contributed by atoms with Gasteiger partial charge in [0.2, 0.25) is 11.9 Å². The van der Waals surface area contributed by atoms with Crippen LogP contribution < -0.4 is 10.9 Å². The number of rotatable bonds is 3. The van der Waals surface area contributed by atoms with E-state index in [9.17, 15) is 9.59 Å². The van der Waals surface area contributed by atoms with E-state index in [-0.39, 0.29) is 41.5 Å². The van der Waals surface area contributed by atoms with Gasteiger partial charge in [0.05, 0.1) is 5.69 Å². The van der Waals surface area contributed by atoms with Crippen molar-refractivity contribution in [2.24, 2.45) is 5.92 Å². The maximum atomic E-state index is 12.1. The molecule has 2 heterocycles. The third-order valence-corrected chi connectivity index (χ3v) is 3.17. The topological polar surface area (TPSA) is 92.2 Å². The smallest absolute Gasteiger partial charge is 0.274 e. The summed E-state index contributed by atoms with van der Waals surface area (Å²) in [7, 11) is 0. The summed E-state index contributed by atoms with van der Waals surface area (Å²) >= 11 is 0.